The van der Waals surface area contributed by atoms with Crippen LogP contribution in [0, 0.1) is 5.41 Å². The number of aromatic nitrogens is 1. The summed E-state index contributed by atoms with van der Waals surface area (Å²) in [6.07, 6.45) is 2.03. The van der Waals surface area contributed by atoms with Crippen molar-refractivity contribution in [2.75, 3.05) is 18.9 Å². The zero-order chi connectivity index (χ0) is 13.6. The lowest BCUT2D eigenvalue weighted by Crippen LogP contribution is -2.37. The summed E-state index contributed by atoms with van der Waals surface area (Å²) in [5, 5.41) is 9.05. The lowest BCUT2D eigenvalue weighted by molar-refractivity contribution is 0.163. The second-order valence-electron chi connectivity index (χ2n) is 5.03. The van der Waals surface area contributed by atoms with Crippen LogP contribution in [0.3, 0.4) is 0 Å². The van der Waals surface area contributed by atoms with Gasteiger partial charge >= 0.3 is 0 Å². The molecule has 0 aliphatic rings. The first kappa shape index (κ1) is 15.1. The third kappa shape index (κ3) is 5.57. The fourth-order valence-corrected chi connectivity index (χ4v) is 2.45. The molecule has 0 aromatic carbocycles. The summed E-state index contributed by atoms with van der Waals surface area (Å²) in [5.41, 5.74) is 0.308. The van der Waals surface area contributed by atoms with Gasteiger partial charge in [-0.15, -0.1) is 0 Å². The van der Waals surface area contributed by atoms with Crippen LogP contribution in [0.2, 0.25) is 0 Å². The molecule has 1 aromatic rings. The average Bonchev–Trinajstić information content (AvgIpc) is 2.36. The highest BCUT2D eigenvalue weighted by Crippen LogP contribution is 2.12. The molecule has 0 spiro atoms. The quantitative estimate of drug-likeness (QED) is 0.760. The number of hydrogen-bond donors (Lipinski definition) is 2. The van der Waals surface area contributed by atoms with Crippen LogP contribution >= 0.6 is 0 Å². The first-order valence-electron chi connectivity index (χ1n) is 5.83. The van der Waals surface area contributed by atoms with Crippen LogP contribution in [0.5, 0.6) is 0 Å². The van der Waals surface area contributed by atoms with Gasteiger partial charge in [-0.25, -0.2) is 13.1 Å². The molecule has 0 radical (unpaired) electrons. The number of aryl methyl sites for hydroxylation is 1. The van der Waals surface area contributed by atoms with Crippen molar-refractivity contribution in [1.29, 1.82) is 0 Å². The van der Waals surface area contributed by atoms with Crippen molar-refractivity contribution in [1.82, 2.24) is 9.71 Å². The zero-order valence-corrected chi connectivity index (χ0v) is 11.6. The second kappa shape index (κ2) is 6.26. The molecule has 1 heterocycles. The smallest absolute Gasteiger partial charge is 0.211 e. The van der Waals surface area contributed by atoms with Crippen LogP contribution in [-0.4, -0.2) is 37.4 Å². The molecule has 0 unspecified atom stereocenters. The summed E-state index contributed by atoms with van der Waals surface area (Å²) in [6, 6.07) is 5.42. The normalized spacial score (nSPS) is 12.6. The molecule has 1 aromatic heterocycles. The summed E-state index contributed by atoms with van der Waals surface area (Å²) < 4.78 is 26.0. The Morgan fingerprint density at radius 3 is 2.67 bits per heavy atom. The molecule has 0 saturated carbocycles. The van der Waals surface area contributed by atoms with Crippen molar-refractivity contribution in [3.8, 4) is 0 Å². The van der Waals surface area contributed by atoms with Gasteiger partial charge in [-0.3, -0.25) is 4.98 Å². The van der Waals surface area contributed by atoms with Crippen molar-refractivity contribution in [2.24, 2.45) is 5.41 Å². The first-order chi connectivity index (χ1) is 8.35. The highest BCUT2D eigenvalue weighted by molar-refractivity contribution is 7.89. The van der Waals surface area contributed by atoms with Crippen molar-refractivity contribution < 1.29 is 13.5 Å². The predicted octanol–water partition coefficient (Wildman–Crippen LogP) is 0.562. The van der Waals surface area contributed by atoms with Crippen molar-refractivity contribution in [2.45, 2.75) is 20.3 Å². The van der Waals surface area contributed by atoms with Gasteiger partial charge in [0.15, 0.2) is 0 Å². The molecule has 102 valence electrons. The number of pyridine rings is 1. The number of sulfonamides is 1. The molecule has 0 bridgehead atoms. The van der Waals surface area contributed by atoms with E-state index in [2.05, 4.69) is 9.71 Å². The van der Waals surface area contributed by atoms with E-state index in [1.165, 1.54) is 0 Å². The fraction of sp³-hybridized carbons (Fsp3) is 0.583. The molecule has 6 heteroatoms. The lowest BCUT2D eigenvalue weighted by Gasteiger charge is -2.21. The van der Waals surface area contributed by atoms with Gasteiger partial charge in [0, 0.05) is 36.9 Å². The third-order valence-electron chi connectivity index (χ3n) is 2.55. The van der Waals surface area contributed by atoms with E-state index in [0.717, 1.165) is 5.69 Å². The molecule has 0 fully saturated rings. The topological polar surface area (TPSA) is 79.3 Å². The van der Waals surface area contributed by atoms with E-state index in [-0.39, 0.29) is 18.9 Å². The number of hydrogen-bond acceptors (Lipinski definition) is 4. The van der Waals surface area contributed by atoms with Gasteiger partial charge in [0.05, 0.1) is 5.75 Å². The fourth-order valence-electron chi connectivity index (χ4n) is 1.22. The molecule has 0 atom stereocenters. The highest BCUT2D eigenvalue weighted by Gasteiger charge is 2.20. The molecule has 18 heavy (non-hydrogen) atoms. The molecule has 1 rings (SSSR count). The predicted molar refractivity (Wildman–Crippen MR) is 70.6 cm³/mol. The van der Waals surface area contributed by atoms with Gasteiger partial charge in [0.25, 0.3) is 0 Å². The van der Waals surface area contributed by atoms with E-state index in [0.29, 0.717) is 6.42 Å². The number of aliphatic hydroxyl groups is 1. The van der Waals surface area contributed by atoms with Crippen molar-refractivity contribution in [3.63, 3.8) is 0 Å². The SMILES string of the molecule is CC(C)(CO)CNS(=O)(=O)CCc1ccccn1. The van der Waals surface area contributed by atoms with E-state index in [9.17, 15) is 8.42 Å². The third-order valence-corrected chi connectivity index (χ3v) is 3.88. The molecule has 0 amide bonds. The number of rotatable bonds is 7. The minimum Gasteiger partial charge on any atom is -0.396 e. The van der Waals surface area contributed by atoms with E-state index < -0.39 is 15.4 Å². The Morgan fingerprint density at radius 2 is 2.11 bits per heavy atom. The molecule has 0 saturated heterocycles. The van der Waals surface area contributed by atoms with Gasteiger partial charge < -0.3 is 5.11 Å². The van der Waals surface area contributed by atoms with Gasteiger partial charge in [-0.05, 0) is 12.1 Å². The van der Waals surface area contributed by atoms with Crippen LogP contribution in [0.4, 0.5) is 0 Å². The van der Waals surface area contributed by atoms with Crippen LogP contribution in [0.15, 0.2) is 24.4 Å². The second-order valence-corrected chi connectivity index (χ2v) is 6.96. The number of nitrogens with zero attached hydrogens (tertiary/aromatic N) is 1. The number of aliphatic hydroxyl groups excluding tert-OH is 1. The average molecular weight is 272 g/mol. The maximum Gasteiger partial charge on any atom is 0.211 e. The largest absolute Gasteiger partial charge is 0.396 e. The van der Waals surface area contributed by atoms with Gasteiger partial charge in [-0.1, -0.05) is 19.9 Å². The van der Waals surface area contributed by atoms with Crippen LogP contribution < -0.4 is 4.72 Å². The standard InChI is InChI=1S/C12H20N2O3S/c1-12(2,10-15)9-14-18(16,17)8-6-11-5-3-4-7-13-11/h3-5,7,14-15H,6,8-10H2,1-2H3. The van der Waals surface area contributed by atoms with Crippen LogP contribution in [0.25, 0.3) is 0 Å². The molecule has 0 aliphatic carbocycles. The monoisotopic (exact) mass is 272 g/mol. The lowest BCUT2D eigenvalue weighted by atomic mass is 9.96. The maximum atomic E-state index is 11.7. The van der Waals surface area contributed by atoms with Crippen molar-refractivity contribution >= 4 is 10.0 Å². The zero-order valence-electron chi connectivity index (χ0n) is 10.8. The minimum absolute atomic E-state index is 0.00548. The Morgan fingerprint density at radius 1 is 1.39 bits per heavy atom. The summed E-state index contributed by atoms with van der Waals surface area (Å²) in [4.78, 5) is 4.07. The molecular weight excluding hydrogens is 252 g/mol. The first-order valence-corrected chi connectivity index (χ1v) is 7.48. The van der Waals surface area contributed by atoms with E-state index in [1.807, 2.05) is 6.07 Å². The Labute approximate surface area is 108 Å². The van der Waals surface area contributed by atoms with E-state index in [1.54, 1.807) is 32.2 Å². The van der Waals surface area contributed by atoms with Gasteiger partial charge in [0.1, 0.15) is 0 Å². The van der Waals surface area contributed by atoms with Crippen LogP contribution in [0.1, 0.15) is 19.5 Å². The van der Waals surface area contributed by atoms with E-state index >= 15 is 0 Å². The summed E-state index contributed by atoms with van der Waals surface area (Å²) in [6.45, 7) is 3.77. The van der Waals surface area contributed by atoms with E-state index in [4.69, 9.17) is 5.11 Å². The maximum absolute atomic E-state index is 11.7. The highest BCUT2D eigenvalue weighted by atomic mass is 32.2. The Kier molecular flexibility index (Phi) is 5.25. The Hall–Kier alpha value is -0.980. The molecule has 0 aliphatic heterocycles. The Bertz CT molecular complexity index is 457. The van der Waals surface area contributed by atoms with Gasteiger partial charge in [-0.2, -0.15) is 0 Å². The molecule has 5 nitrogen and oxygen atoms in total. The Balaban J connectivity index is 2.46. The molecule has 2 N–H and O–H groups in total. The summed E-state index contributed by atoms with van der Waals surface area (Å²) in [7, 11) is -3.32. The summed E-state index contributed by atoms with van der Waals surface area (Å²) in [5.74, 6) is 0.00548. The van der Waals surface area contributed by atoms with Gasteiger partial charge in [0.2, 0.25) is 10.0 Å². The number of nitrogens with one attached hydrogen (secondary N) is 1. The summed E-state index contributed by atoms with van der Waals surface area (Å²) >= 11 is 0. The minimum atomic E-state index is -3.32. The molecular formula is C12H20N2O3S. The van der Waals surface area contributed by atoms with Crippen molar-refractivity contribution in [3.05, 3.63) is 30.1 Å². The van der Waals surface area contributed by atoms with Crippen LogP contribution in [-0.2, 0) is 16.4 Å².